The molecule has 0 aromatic heterocycles. The molecule has 1 fully saturated rings. The van der Waals surface area contributed by atoms with Gasteiger partial charge in [-0.2, -0.15) is 0 Å². The van der Waals surface area contributed by atoms with Crippen LogP contribution in [0.1, 0.15) is 12.8 Å². The molecule has 0 bridgehead atoms. The highest BCUT2D eigenvalue weighted by atomic mass is 16.7. The smallest absolute Gasteiger partial charge is 0.319 e. The van der Waals surface area contributed by atoms with Crippen LogP contribution < -0.4 is 5.32 Å². The molecule has 0 spiro atoms. The number of carbonyl (C=O) groups excluding carboxylic acids is 3. The fraction of sp³-hybridized carbons (Fsp3) is 0.571. The van der Waals surface area contributed by atoms with Crippen LogP contribution >= 0.6 is 0 Å². The normalized spacial score (nSPS) is 14.6. The van der Waals surface area contributed by atoms with Gasteiger partial charge in [0.1, 0.15) is 0 Å². The van der Waals surface area contributed by atoms with Gasteiger partial charge >= 0.3 is 6.09 Å². The lowest BCUT2D eigenvalue weighted by molar-refractivity contribution is -0.171. The lowest BCUT2D eigenvalue weighted by atomic mass is 10.4. The summed E-state index contributed by atoms with van der Waals surface area (Å²) in [6, 6.07) is 0. The molecule has 0 unspecified atom stereocenters. The van der Waals surface area contributed by atoms with Crippen molar-refractivity contribution >= 4 is 17.9 Å². The number of nitrogens with one attached hydrogen (secondary N) is 1. The molecule has 9 nitrogen and oxygen atoms in total. The number of nitrogens with zero attached hydrogens (tertiary/aromatic N) is 4. The molecule has 1 rings (SSSR count). The molecule has 0 saturated carbocycles. The second-order valence-corrected chi connectivity index (χ2v) is 2.84. The van der Waals surface area contributed by atoms with E-state index in [0.717, 1.165) is 0 Å². The van der Waals surface area contributed by atoms with E-state index in [0.29, 0.717) is 5.06 Å². The number of imide groups is 1. The number of hydrogen-bond acceptors (Lipinski definition) is 5. The highest BCUT2D eigenvalue weighted by Gasteiger charge is 2.32. The third-order valence-electron chi connectivity index (χ3n) is 1.72. The SMILES string of the molecule is [N-]=[N+]=NCCNC(=O)ON1C(=O)CCC1=O. The van der Waals surface area contributed by atoms with Gasteiger partial charge in [-0.05, 0) is 5.53 Å². The van der Waals surface area contributed by atoms with Crippen LogP contribution in [-0.4, -0.2) is 36.1 Å². The first-order valence-corrected chi connectivity index (χ1v) is 4.47. The summed E-state index contributed by atoms with van der Waals surface area (Å²) in [7, 11) is 0. The van der Waals surface area contributed by atoms with Crippen molar-refractivity contribution in [3.63, 3.8) is 0 Å². The summed E-state index contributed by atoms with van der Waals surface area (Å²) in [6.07, 6.45) is -0.841. The minimum atomic E-state index is -0.934. The van der Waals surface area contributed by atoms with Crippen LogP contribution in [0.2, 0.25) is 0 Å². The number of hydrogen-bond donors (Lipinski definition) is 1. The molecule has 0 aromatic rings. The number of carbonyl (C=O) groups is 3. The first-order valence-electron chi connectivity index (χ1n) is 4.47. The Bertz CT molecular complexity index is 346. The first kappa shape index (κ1) is 11.8. The molecule has 0 atom stereocenters. The third kappa shape index (κ3) is 3.14. The summed E-state index contributed by atoms with van der Waals surface area (Å²) in [5, 5.41) is 5.82. The van der Waals surface area contributed by atoms with E-state index in [4.69, 9.17) is 5.53 Å². The fourth-order valence-electron chi connectivity index (χ4n) is 1.03. The van der Waals surface area contributed by atoms with E-state index in [1.807, 2.05) is 0 Å². The predicted octanol–water partition coefficient (Wildman–Crippen LogP) is 0.0869. The lowest BCUT2D eigenvalue weighted by Crippen LogP contribution is -2.37. The fourth-order valence-corrected chi connectivity index (χ4v) is 1.03. The minimum Gasteiger partial charge on any atom is -0.319 e. The standard InChI is InChI=1S/C7H9N5O4/c8-11-10-4-3-9-7(15)16-12-5(13)1-2-6(12)14/h1-4H2,(H,9,15). The number of azide groups is 1. The van der Waals surface area contributed by atoms with E-state index in [2.05, 4.69) is 20.2 Å². The van der Waals surface area contributed by atoms with Gasteiger partial charge in [0.25, 0.3) is 11.8 Å². The molecular formula is C7H9N5O4. The Labute approximate surface area is 89.9 Å². The van der Waals surface area contributed by atoms with Crippen LogP contribution in [0, 0.1) is 0 Å². The van der Waals surface area contributed by atoms with Crippen LogP contribution in [0.3, 0.4) is 0 Å². The summed E-state index contributed by atoms with van der Waals surface area (Å²) < 4.78 is 0. The second kappa shape index (κ2) is 5.56. The molecular weight excluding hydrogens is 218 g/mol. The first-order chi connectivity index (χ1) is 7.65. The van der Waals surface area contributed by atoms with Gasteiger partial charge in [-0.15, -0.1) is 5.06 Å². The van der Waals surface area contributed by atoms with Crippen molar-refractivity contribution in [2.45, 2.75) is 12.8 Å². The maximum absolute atomic E-state index is 11.0. The lowest BCUT2D eigenvalue weighted by Gasteiger charge is -2.12. The molecule has 1 heterocycles. The van der Waals surface area contributed by atoms with Crippen molar-refractivity contribution < 1.29 is 19.2 Å². The van der Waals surface area contributed by atoms with E-state index in [1.165, 1.54) is 0 Å². The molecule has 0 aromatic carbocycles. The zero-order valence-corrected chi connectivity index (χ0v) is 8.25. The number of rotatable bonds is 4. The molecule has 9 heteroatoms. The Hall–Kier alpha value is -2.28. The molecule has 86 valence electrons. The molecule has 0 radical (unpaired) electrons. The molecule has 1 aliphatic rings. The van der Waals surface area contributed by atoms with Crippen LogP contribution in [0.15, 0.2) is 5.11 Å². The van der Waals surface area contributed by atoms with E-state index in [9.17, 15) is 14.4 Å². The van der Waals surface area contributed by atoms with Crippen molar-refractivity contribution in [2.24, 2.45) is 5.11 Å². The molecule has 3 amide bonds. The summed E-state index contributed by atoms with van der Waals surface area (Å²) >= 11 is 0. The van der Waals surface area contributed by atoms with Crippen LogP contribution in [0.5, 0.6) is 0 Å². The van der Waals surface area contributed by atoms with Gasteiger partial charge in [-0.1, -0.05) is 5.11 Å². The Kier molecular flexibility index (Phi) is 4.10. The Balaban J connectivity index is 2.31. The maximum Gasteiger partial charge on any atom is 0.432 e. The molecule has 16 heavy (non-hydrogen) atoms. The van der Waals surface area contributed by atoms with E-state index in [1.54, 1.807) is 0 Å². The van der Waals surface area contributed by atoms with Crippen LogP contribution in [0.25, 0.3) is 10.4 Å². The highest BCUT2D eigenvalue weighted by molar-refractivity contribution is 6.01. The van der Waals surface area contributed by atoms with Crippen molar-refractivity contribution in [1.29, 1.82) is 0 Å². The summed E-state index contributed by atoms with van der Waals surface area (Å²) in [4.78, 5) is 40.0. The zero-order chi connectivity index (χ0) is 12.0. The van der Waals surface area contributed by atoms with Crippen molar-refractivity contribution in [3.05, 3.63) is 10.4 Å². The van der Waals surface area contributed by atoms with Gasteiger partial charge in [0, 0.05) is 30.8 Å². The largest absolute Gasteiger partial charge is 0.432 e. The van der Waals surface area contributed by atoms with Gasteiger partial charge in [0.15, 0.2) is 0 Å². The summed E-state index contributed by atoms with van der Waals surface area (Å²) in [6.45, 7) is 0.132. The average molecular weight is 227 g/mol. The van der Waals surface area contributed by atoms with E-state index >= 15 is 0 Å². The van der Waals surface area contributed by atoms with Crippen molar-refractivity contribution in [1.82, 2.24) is 10.4 Å². The number of hydroxylamine groups is 2. The van der Waals surface area contributed by atoms with Gasteiger partial charge in [-0.3, -0.25) is 9.59 Å². The molecule has 1 N–H and O–H groups in total. The van der Waals surface area contributed by atoms with Crippen molar-refractivity contribution in [3.8, 4) is 0 Å². The van der Waals surface area contributed by atoms with Gasteiger partial charge in [0.05, 0.1) is 0 Å². The second-order valence-electron chi connectivity index (χ2n) is 2.84. The maximum atomic E-state index is 11.0. The molecule has 1 aliphatic heterocycles. The molecule has 0 aliphatic carbocycles. The summed E-state index contributed by atoms with van der Waals surface area (Å²) in [5.41, 5.74) is 7.95. The predicted molar refractivity (Wildman–Crippen MR) is 49.6 cm³/mol. The van der Waals surface area contributed by atoms with Crippen LogP contribution in [-0.2, 0) is 14.4 Å². The van der Waals surface area contributed by atoms with Gasteiger partial charge < -0.3 is 10.2 Å². The van der Waals surface area contributed by atoms with Crippen molar-refractivity contribution in [2.75, 3.05) is 13.1 Å². The van der Waals surface area contributed by atoms with Gasteiger partial charge in [0.2, 0.25) is 0 Å². The van der Waals surface area contributed by atoms with Crippen LogP contribution in [0.4, 0.5) is 4.79 Å². The average Bonchev–Trinajstić information content (AvgIpc) is 2.56. The van der Waals surface area contributed by atoms with Gasteiger partial charge in [-0.25, -0.2) is 4.79 Å². The van der Waals surface area contributed by atoms with E-state index < -0.39 is 17.9 Å². The number of amides is 3. The Morgan fingerprint density at radius 3 is 2.69 bits per heavy atom. The Morgan fingerprint density at radius 1 is 1.50 bits per heavy atom. The zero-order valence-electron chi connectivity index (χ0n) is 8.25. The quantitative estimate of drug-likeness (QED) is 0.240. The Morgan fingerprint density at radius 2 is 2.12 bits per heavy atom. The van der Waals surface area contributed by atoms with E-state index in [-0.39, 0.29) is 25.9 Å². The molecule has 1 saturated heterocycles. The minimum absolute atomic E-state index is 0.0465. The topological polar surface area (TPSA) is 124 Å². The monoisotopic (exact) mass is 227 g/mol. The summed E-state index contributed by atoms with van der Waals surface area (Å²) in [5.74, 6) is -1.09. The third-order valence-corrected chi connectivity index (χ3v) is 1.72. The highest BCUT2D eigenvalue weighted by Crippen LogP contribution is 2.11.